The summed E-state index contributed by atoms with van der Waals surface area (Å²) in [5, 5.41) is 1.56. The van der Waals surface area contributed by atoms with E-state index >= 15 is 0 Å². The van der Waals surface area contributed by atoms with E-state index in [1.807, 2.05) is 0 Å². The quantitative estimate of drug-likeness (QED) is 0.233. The zero-order valence-corrected chi connectivity index (χ0v) is 23.8. The van der Waals surface area contributed by atoms with Crippen molar-refractivity contribution in [3.8, 4) is 5.75 Å². The molecule has 0 saturated carbocycles. The fraction of sp³-hybridized carbons (Fsp3) is 0.222. The molecule has 4 heterocycles. The van der Waals surface area contributed by atoms with Gasteiger partial charge in [-0.1, -0.05) is 22.9 Å². The van der Waals surface area contributed by atoms with E-state index in [1.165, 1.54) is 34.8 Å². The number of esters is 1. The normalized spacial score (nSPS) is 15.3. The topological polar surface area (TPSA) is 109 Å². The number of aromatic nitrogens is 3. The van der Waals surface area contributed by atoms with E-state index in [4.69, 9.17) is 25.5 Å². The predicted octanol–water partition coefficient (Wildman–Crippen LogP) is 4.38. The molecule has 1 atom stereocenters. The molecule has 0 saturated heterocycles. The summed E-state index contributed by atoms with van der Waals surface area (Å²) in [5.74, 6) is 0.383. The van der Waals surface area contributed by atoms with Crippen LogP contribution in [-0.4, -0.2) is 33.7 Å². The molecule has 0 spiro atoms. The fourth-order valence-corrected chi connectivity index (χ4v) is 5.99. The summed E-state index contributed by atoms with van der Waals surface area (Å²) in [5.41, 5.74) is 0.884. The molecular weight excluding hydrogens is 560 g/mol. The van der Waals surface area contributed by atoms with Gasteiger partial charge in [-0.05, 0) is 68.9 Å². The second kappa shape index (κ2) is 11.2. The maximum Gasteiger partial charge on any atom is 0.338 e. The lowest BCUT2D eigenvalue weighted by Crippen LogP contribution is -2.40. The molecule has 0 aliphatic carbocycles. The number of fused-ring (bicyclic) bond motifs is 1. The number of allylic oxidation sites excluding steroid dienone is 1. The van der Waals surface area contributed by atoms with Crippen LogP contribution in [-0.2, 0) is 9.53 Å². The van der Waals surface area contributed by atoms with Gasteiger partial charge in [0, 0.05) is 29.1 Å². The maximum absolute atomic E-state index is 13.8. The van der Waals surface area contributed by atoms with Crippen molar-refractivity contribution in [2.45, 2.75) is 43.2 Å². The molecule has 3 aromatic heterocycles. The van der Waals surface area contributed by atoms with Gasteiger partial charge in [0.1, 0.15) is 17.6 Å². The van der Waals surface area contributed by atoms with Crippen molar-refractivity contribution in [3.63, 3.8) is 0 Å². The highest BCUT2D eigenvalue weighted by molar-refractivity contribution is 7.99. The zero-order valence-electron chi connectivity index (χ0n) is 21.4. The minimum absolute atomic E-state index is 0.239. The molecule has 4 aromatic rings. The van der Waals surface area contributed by atoms with Gasteiger partial charge in [-0.2, -0.15) is 0 Å². The molecule has 0 radical (unpaired) electrons. The number of furan rings is 1. The molecule has 0 bridgehead atoms. The molecule has 0 unspecified atom stereocenters. The van der Waals surface area contributed by atoms with E-state index in [2.05, 4.69) is 15.0 Å². The van der Waals surface area contributed by atoms with Crippen molar-refractivity contribution in [2.24, 2.45) is 4.99 Å². The number of carbonyl (C=O) groups is 1. The third-order valence-electron chi connectivity index (χ3n) is 5.68. The molecule has 1 aliphatic rings. The van der Waals surface area contributed by atoms with E-state index in [1.54, 1.807) is 75.6 Å². The molecule has 5 rings (SSSR count). The first kappa shape index (κ1) is 26.9. The third kappa shape index (κ3) is 5.56. The van der Waals surface area contributed by atoms with Crippen LogP contribution in [0.5, 0.6) is 5.75 Å². The van der Waals surface area contributed by atoms with Crippen LogP contribution >= 0.6 is 34.7 Å². The van der Waals surface area contributed by atoms with E-state index < -0.39 is 12.0 Å². The first-order valence-electron chi connectivity index (χ1n) is 11.9. The van der Waals surface area contributed by atoms with Gasteiger partial charge in [-0.25, -0.2) is 19.8 Å². The molecule has 1 aliphatic heterocycles. The smallest absolute Gasteiger partial charge is 0.338 e. The SMILES string of the molecule is COc1ccc(Cl)cc1[C@H]1C(C(=O)OC(C)C)=C(C)N=c2s/c(=C\c3ccc(Sc4ncccn4)o3)c(=O)n21. The maximum atomic E-state index is 13.8. The lowest BCUT2D eigenvalue weighted by Gasteiger charge is -2.26. The van der Waals surface area contributed by atoms with Crippen LogP contribution in [0.25, 0.3) is 6.08 Å². The summed E-state index contributed by atoms with van der Waals surface area (Å²) in [6, 6.07) is 9.49. The molecule has 0 fully saturated rings. The van der Waals surface area contributed by atoms with Gasteiger partial charge in [0.15, 0.2) is 15.1 Å². The van der Waals surface area contributed by atoms with Crippen molar-refractivity contribution in [2.75, 3.05) is 7.11 Å². The highest BCUT2D eigenvalue weighted by atomic mass is 35.5. The summed E-state index contributed by atoms with van der Waals surface area (Å²) in [6.07, 6.45) is 4.59. The van der Waals surface area contributed by atoms with Crippen LogP contribution in [0, 0.1) is 0 Å². The number of hydrogen-bond acceptors (Lipinski definition) is 10. The second-order valence-electron chi connectivity index (χ2n) is 8.71. The Morgan fingerprint density at radius 2 is 2.00 bits per heavy atom. The Bertz CT molecular complexity index is 1760. The summed E-state index contributed by atoms with van der Waals surface area (Å²) >= 11 is 8.82. The number of ether oxygens (including phenoxy) is 2. The molecule has 9 nitrogen and oxygen atoms in total. The van der Waals surface area contributed by atoms with Gasteiger partial charge < -0.3 is 13.9 Å². The Kier molecular flexibility index (Phi) is 7.74. The van der Waals surface area contributed by atoms with Crippen LogP contribution < -0.4 is 19.6 Å². The zero-order chi connectivity index (χ0) is 27.7. The fourth-order valence-electron chi connectivity index (χ4n) is 4.10. The van der Waals surface area contributed by atoms with E-state index in [0.717, 1.165) is 0 Å². The summed E-state index contributed by atoms with van der Waals surface area (Å²) in [6.45, 7) is 5.25. The molecule has 39 heavy (non-hydrogen) atoms. The Morgan fingerprint density at radius 3 is 2.72 bits per heavy atom. The summed E-state index contributed by atoms with van der Waals surface area (Å²) in [7, 11) is 1.52. The van der Waals surface area contributed by atoms with Crippen molar-refractivity contribution in [1.82, 2.24) is 14.5 Å². The monoisotopic (exact) mass is 582 g/mol. The Hall–Kier alpha value is -3.67. The van der Waals surface area contributed by atoms with Gasteiger partial charge in [0.25, 0.3) is 5.56 Å². The summed E-state index contributed by atoms with van der Waals surface area (Å²) in [4.78, 5) is 40.6. The van der Waals surface area contributed by atoms with Crippen molar-refractivity contribution in [3.05, 3.63) is 96.1 Å². The first-order valence-corrected chi connectivity index (χ1v) is 13.9. The first-order chi connectivity index (χ1) is 18.7. The predicted molar refractivity (Wildman–Crippen MR) is 148 cm³/mol. The molecule has 0 N–H and O–H groups in total. The third-order valence-corrected chi connectivity index (χ3v) is 7.71. The number of nitrogens with zero attached hydrogens (tertiary/aromatic N) is 4. The Balaban J connectivity index is 1.63. The molecule has 12 heteroatoms. The molecule has 200 valence electrons. The van der Waals surface area contributed by atoms with Crippen molar-refractivity contribution in [1.29, 1.82) is 0 Å². The average molecular weight is 583 g/mol. The van der Waals surface area contributed by atoms with Crippen LogP contribution in [0.15, 0.2) is 84.5 Å². The van der Waals surface area contributed by atoms with Gasteiger partial charge in [-0.3, -0.25) is 9.36 Å². The standard InChI is InChI=1S/C27H23ClN4O5S2/c1-14(2)36-25(34)22-15(3)31-27-32(23(22)18-12-16(28)6-8-19(18)35-4)24(33)20(38-27)13-17-7-9-21(37-17)39-26-29-10-5-11-30-26/h5-14,23H,1-4H3/b20-13-/t23-/m0/s1. The lowest BCUT2D eigenvalue weighted by atomic mass is 9.95. The van der Waals surface area contributed by atoms with Crippen molar-refractivity contribution >= 4 is 46.7 Å². The van der Waals surface area contributed by atoms with E-state index in [9.17, 15) is 9.59 Å². The molecular formula is C27H23ClN4O5S2. The number of rotatable bonds is 7. The van der Waals surface area contributed by atoms with Gasteiger partial charge >= 0.3 is 5.97 Å². The number of methoxy groups -OCH3 is 1. The molecule has 0 amide bonds. The number of carbonyl (C=O) groups excluding carboxylic acids is 1. The van der Waals surface area contributed by atoms with Crippen LogP contribution in [0.3, 0.4) is 0 Å². The van der Waals surface area contributed by atoms with Crippen LogP contribution in [0.1, 0.15) is 38.1 Å². The number of hydrogen-bond donors (Lipinski definition) is 0. The highest BCUT2D eigenvalue weighted by Crippen LogP contribution is 2.37. The molecule has 1 aromatic carbocycles. The van der Waals surface area contributed by atoms with Gasteiger partial charge in [-0.15, -0.1) is 0 Å². The van der Waals surface area contributed by atoms with Gasteiger partial charge in [0.05, 0.1) is 29.0 Å². The van der Waals surface area contributed by atoms with E-state index in [-0.39, 0.29) is 17.2 Å². The number of halogens is 1. The average Bonchev–Trinajstić information content (AvgIpc) is 3.46. The van der Waals surface area contributed by atoms with Crippen molar-refractivity contribution < 1.29 is 18.7 Å². The largest absolute Gasteiger partial charge is 0.496 e. The van der Waals surface area contributed by atoms with Crippen LogP contribution in [0.2, 0.25) is 5.02 Å². The highest BCUT2D eigenvalue weighted by Gasteiger charge is 2.35. The van der Waals surface area contributed by atoms with Gasteiger partial charge in [0.2, 0.25) is 0 Å². The summed E-state index contributed by atoms with van der Waals surface area (Å²) < 4.78 is 18.9. The number of thiazole rings is 1. The van der Waals surface area contributed by atoms with Crippen LogP contribution in [0.4, 0.5) is 0 Å². The van der Waals surface area contributed by atoms with E-state index in [0.29, 0.717) is 47.4 Å². The minimum Gasteiger partial charge on any atom is -0.496 e. The second-order valence-corrected chi connectivity index (χ2v) is 11.1. The Morgan fingerprint density at radius 1 is 1.23 bits per heavy atom. The number of benzene rings is 1. The Labute approximate surface area is 236 Å². The minimum atomic E-state index is -0.860. The lowest BCUT2D eigenvalue weighted by molar-refractivity contribution is -0.143.